The minimum atomic E-state index is -4.65. The Morgan fingerprint density at radius 1 is 1.17 bits per heavy atom. The first-order chi connectivity index (χ1) is 13.7. The van der Waals surface area contributed by atoms with Gasteiger partial charge in [0, 0.05) is 11.3 Å². The molecule has 1 fully saturated rings. The number of benzene rings is 2. The highest BCUT2D eigenvalue weighted by atomic mass is 19.4. The third kappa shape index (κ3) is 4.91. The lowest BCUT2D eigenvalue weighted by molar-refractivity contribution is -0.139. The van der Waals surface area contributed by atoms with Crippen LogP contribution in [0.5, 0.6) is 0 Å². The number of carbonyl (C=O) groups excluding carboxylic acids is 1. The van der Waals surface area contributed by atoms with E-state index in [1.807, 2.05) is 0 Å². The second kappa shape index (κ2) is 7.92. The molecule has 0 heterocycles. The molecule has 0 aromatic heterocycles. The zero-order valence-corrected chi connectivity index (χ0v) is 14.9. The summed E-state index contributed by atoms with van der Waals surface area (Å²) in [7, 11) is 0. The predicted octanol–water partition coefficient (Wildman–Crippen LogP) is 3.27. The minimum absolute atomic E-state index is 0.0581. The molecule has 2 atom stereocenters. The van der Waals surface area contributed by atoms with Crippen molar-refractivity contribution in [2.75, 3.05) is 5.32 Å². The van der Waals surface area contributed by atoms with Crippen LogP contribution in [0.2, 0.25) is 0 Å². The number of anilines is 1. The highest BCUT2D eigenvalue weighted by Gasteiger charge is 2.44. The zero-order chi connectivity index (χ0) is 21.2. The molecule has 1 aliphatic carbocycles. The maximum atomic E-state index is 13.1. The Bertz CT molecular complexity index is 958. The molecule has 10 heteroatoms. The molecular weight excluding hydrogens is 389 g/mol. The maximum Gasteiger partial charge on any atom is 0.416 e. The average molecular weight is 406 g/mol. The van der Waals surface area contributed by atoms with Gasteiger partial charge in [-0.1, -0.05) is 12.1 Å². The van der Waals surface area contributed by atoms with Crippen LogP contribution < -0.4 is 16.6 Å². The summed E-state index contributed by atoms with van der Waals surface area (Å²) in [4.78, 5) is 27.1. The topological polar surface area (TPSA) is 117 Å². The molecule has 2 aromatic rings. The number of nitrogens with zero attached hydrogens (tertiary/aromatic N) is 1. The monoisotopic (exact) mass is 406 g/mol. The van der Waals surface area contributed by atoms with Crippen molar-refractivity contribution in [3.63, 3.8) is 0 Å². The molecule has 0 radical (unpaired) electrons. The van der Waals surface area contributed by atoms with Crippen LogP contribution in [0.1, 0.15) is 33.8 Å². The summed E-state index contributed by atoms with van der Waals surface area (Å²) in [6.45, 7) is 0. The highest BCUT2D eigenvalue weighted by Crippen LogP contribution is 2.47. The van der Waals surface area contributed by atoms with E-state index >= 15 is 0 Å². The maximum absolute atomic E-state index is 13.1. The van der Waals surface area contributed by atoms with Gasteiger partial charge in [0.25, 0.3) is 5.91 Å². The predicted molar refractivity (Wildman–Crippen MR) is 99.8 cm³/mol. The lowest BCUT2D eigenvalue weighted by atomic mass is 10.1. The molecule has 2 unspecified atom stereocenters. The minimum Gasteiger partial charge on any atom is -0.481 e. The lowest BCUT2D eigenvalue weighted by Crippen LogP contribution is -2.18. The van der Waals surface area contributed by atoms with Gasteiger partial charge in [-0.25, -0.2) is 10.8 Å². The number of hydrogen-bond acceptors (Lipinski definition) is 4. The van der Waals surface area contributed by atoms with E-state index < -0.39 is 29.5 Å². The standard InChI is InChI=1S/C19H17F3N4O3/c20-19(21,22)12-5-11(6-14(7-12)24-9-25-23)17(27)26-13-3-1-10(2-4-13)15-8-16(15)18(28)29/h1-7,9,15-16H,8,23H2,(H,24,25)(H,26,27)(H,28,29). The number of carboxylic acid groups (broad SMARTS) is 1. The largest absolute Gasteiger partial charge is 0.481 e. The molecule has 0 spiro atoms. The molecule has 0 bridgehead atoms. The van der Waals surface area contributed by atoms with Gasteiger partial charge in [0.15, 0.2) is 0 Å². The van der Waals surface area contributed by atoms with Gasteiger partial charge in [-0.15, -0.1) is 0 Å². The van der Waals surface area contributed by atoms with Crippen molar-refractivity contribution in [1.29, 1.82) is 0 Å². The number of halogens is 3. The van der Waals surface area contributed by atoms with Crippen LogP contribution in [-0.4, -0.2) is 23.3 Å². The van der Waals surface area contributed by atoms with Crippen LogP contribution in [0.3, 0.4) is 0 Å². The third-order valence-corrected chi connectivity index (χ3v) is 4.50. The van der Waals surface area contributed by atoms with E-state index in [4.69, 9.17) is 10.9 Å². The molecule has 1 saturated carbocycles. The van der Waals surface area contributed by atoms with Crippen LogP contribution in [0.25, 0.3) is 0 Å². The smallest absolute Gasteiger partial charge is 0.416 e. The summed E-state index contributed by atoms with van der Waals surface area (Å²) in [5, 5.41) is 11.5. The number of carbonyl (C=O) groups is 2. The molecular formula is C19H17F3N4O3. The fraction of sp³-hybridized carbons (Fsp3) is 0.211. The number of hydrogen-bond donors (Lipinski definition) is 4. The van der Waals surface area contributed by atoms with E-state index in [1.165, 1.54) is 6.07 Å². The number of hydrazine groups is 1. The van der Waals surface area contributed by atoms with Gasteiger partial charge in [0.05, 0.1) is 17.2 Å². The highest BCUT2D eigenvalue weighted by molar-refractivity contribution is 6.05. The van der Waals surface area contributed by atoms with Crippen LogP contribution in [-0.2, 0) is 11.0 Å². The Morgan fingerprint density at radius 2 is 1.86 bits per heavy atom. The summed E-state index contributed by atoms with van der Waals surface area (Å²) < 4.78 is 39.3. The Morgan fingerprint density at radius 3 is 2.41 bits per heavy atom. The third-order valence-electron chi connectivity index (χ3n) is 4.50. The Balaban J connectivity index is 1.78. The van der Waals surface area contributed by atoms with Crippen LogP contribution in [0.15, 0.2) is 47.5 Å². The molecule has 29 heavy (non-hydrogen) atoms. The van der Waals surface area contributed by atoms with Gasteiger partial charge in [-0.05, 0) is 48.2 Å². The summed E-state index contributed by atoms with van der Waals surface area (Å²) in [6.07, 6.45) is -3.09. The van der Waals surface area contributed by atoms with Gasteiger partial charge < -0.3 is 15.8 Å². The van der Waals surface area contributed by atoms with Crippen molar-refractivity contribution in [1.82, 2.24) is 5.43 Å². The number of nitrogens with two attached hydrogens (primary N) is 1. The van der Waals surface area contributed by atoms with Gasteiger partial charge in [0.2, 0.25) is 0 Å². The van der Waals surface area contributed by atoms with Gasteiger partial charge >= 0.3 is 12.1 Å². The van der Waals surface area contributed by atoms with Crippen LogP contribution >= 0.6 is 0 Å². The quantitative estimate of drug-likeness (QED) is 0.254. The molecule has 1 aliphatic rings. The number of rotatable bonds is 6. The fourth-order valence-electron chi connectivity index (χ4n) is 2.95. The SMILES string of the molecule is NNC=Nc1cc(C(=O)Nc2ccc(C3CC3C(=O)O)cc2)cc(C(F)(F)F)c1. The van der Waals surface area contributed by atoms with Gasteiger partial charge in [-0.2, -0.15) is 13.2 Å². The molecule has 1 amide bonds. The first kappa shape index (κ1) is 20.3. The molecule has 5 N–H and O–H groups in total. The van der Waals surface area contributed by atoms with Crippen molar-refractivity contribution in [2.45, 2.75) is 18.5 Å². The fourth-order valence-corrected chi connectivity index (χ4v) is 2.95. The van der Waals surface area contributed by atoms with E-state index in [9.17, 15) is 22.8 Å². The first-order valence-electron chi connectivity index (χ1n) is 8.54. The van der Waals surface area contributed by atoms with Crippen molar-refractivity contribution in [3.05, 3.63) is 59.2 Å². The van der Waals surface area contributed by atoms with E-state index in [1.54, 1.807) is 24.3 Å². The van der Waals surface area contributed by atoms with E-state index in [2.05, 4.69) is 15.7 Å². The van der Waals surface area contributed by atoms with E-state index in [0.717, 1.165) is 24.0 Å². The number of alkyl halides is 3. The summed E-state index contributed by atoms with van der Waals surface area (Å²) in [5.41, 5.74) is 1.96. The number of carboxylic acids is 1. The van der Waals surface area contributed by atoms with Gasteiger partial charge in [-0.3, -0.25) is 9.59 Å². The average Bonchev–Trinajstić information content (AvgIpc) is 3.47. The van der Waals surface area contributed by atoms with Crippen molar-refractivity contribution < 1.29 is 27.9 Å². The second-order valence-electron chi connectivity index (χ2n) is 6.55. The number of nitrogens with one attached hydrogen (secondary N) is 2. The lowest BCUT2D eigenvalue weighted by Gasteiger charge is -2.11. The molecule has 0 aliphatic heterocycles. The Hall–Kier alpha value is -3.40. The summed E-state index contributed by atoms with van der Waals surface area (Å²) >= 11 is 0. The number of aliphatic imine (C=N–C) groups is 1. The van der Waals surface area contributed by atoms with Crippen molar-refractivity contribution in [2.24, 2.45) is 16.8 Å². The normalized spacial score (nSPS) is 18.5. The Kier molecular flexibility index (Phi) is 5.55. The molecule has 0 saturated heterocycles. The Labute approximate surface area is 163 Å². The molecule has 7 nitrogen and oxygen atoms in total. The van der Waals surface area contributed by atoms with E-state index in [0.29, 0.717) is 12.1 Å². The summed E-state index contributed by atoms with van der Waals surface area (Å²) in [5.74, 6) is 2.98. The van der Waals surface area contributed by atoms with Crippen molar-refractivity contribution in [3.8, 4) is 0 Å². The number of aliphatic carboxylic acids is 1. The van der Waals surface area contributed by atoms with Gasteiger partial charge in [0.1, 0.15) is 6.34 Å². The second-order valence-corrected chi connectivity index (χ2v) is 6.55. The van der Waals surface area contributed by atoms with Crippen LogP contribution in [0, 0.1) is 5.92 Å². The molecule has 152 valence electrons. The molecule has 2 aromatic carbocycles. The molecule has 3 rings (SSSR count). The van der Waals surface area contributed by atoms with Crippen LogP contribution in [0.4, 0.5) is 24.5 Å². The van der Waals surface area contributed by atoms with Crippen molar-refractivity contribution >= 4 is 29.6 Å². The summed E-state index contributed by atoms with van der Waals surface area (Å²) in [6, 6.07) is 9.28. The number of amides is 1. The first-order valence-corrected chi connectivity index (χ1v) is 8.54. The van der Waals surface area contributed by atoms with E-state index in [-0.39, 0.29) is 17.2 Å². The zero-order valence-electron chi connectivity index (χ0n) is 14.9.